The maximum atomic E-state index is 12.9. The Morgan fingerprint density at radius 3 is 2.79 bits per heavy atom. The van der Waals surface area contributed by atoms with E-state index >= 15 is 0 Å². The number of nitrogens with one attached hydrogen (secondary N) is 1. The molecule has 3 nitrogen and oxygen atoms in total. The Kier molecular flexibility index (Phi) is 4.06. The molecule has 0 atom stereocenters. The summed E-state index contributed by atoms with van der Waals surface area (Å²) in [5, 5.41) is 3.43. The molecule has 19 heavy (non-hydrogen) atoms. The molecule has 98 valence electrons. The highest BCUT2D eigenvalue weighted by Gasteiger charge is 2.15. The standard InChI is InChI=1S/C14H13FN2OS/c1-3-8-16-13(18)12-9(2)17-14(19-12)10-4-6-11(15)7-5-10/h3-7H,1,8H2,2H3,(H,16,18). The first kappa shape index (κ1) is 13.4. The number of aromatic nitrogens is 1. The number of rotatable bonds is 4. The average molecular weight is 276 g/mol. The van der Waals surface area contributed by atoms with Crippen LogP contribution < -0.4 is 5.32 Å². The van der Waals surface area contributed by atoms with E-state index in [1.807, 2.05) is 0 Å². The fourth-order valence-electron chi connectivity index (χ4n) is 1.57. The maximum absolute atomic E-state index is 12.9. The Morgan fingerprint density at radius 1 is 1.47 bits per heavy atom. The van der Waals surface area contributed by atoms with Crippen LogP contribution in [0.2, 0.25) is 0 Å². The molecule has 1 N–H and O–H groups in total. The van der Waals surface area contributed by atoms with E-state index in [2.05, 4.69) is 16.9 Å². The van der Waals surface area contributed by atoms with Crippen molar-refractivity contribution in [1.82, 2.24) is 10.3 Å². The number of halogens is 1. The SMILES string of the molecule is C=CCNC(=O)c1sc(-c2ccc(F)cc2)nc1C. The summed E-state index contributed by atoms with van der Waals surface area (Å²) in [5.41, 5.74) is 1.48. The largest absolute Gasteiger partial charge is 0.348 e. The number of benzene rings is 1. The van der Waals surface area contributed by atoms with E-state index in [9.17, 15) is 9.18 Å². The summed E-state index contributed by atoms with van der Waals surface area (Å²) in [6.45, 7) is 5.75. The molecule has 2 rings (SSSR count). The minimum atomic E-state index is -0.291. The van der Waals surface area contributed by atoms with Crippen molar-refractivity contribution in [2.24, 2.45) is 0 Å². The van der Waals surface area contributed by atoms with E-state index in [0.717, 1.165) is 5.56 Å². The number of amides is 1. The number of thiazole rings is 1. The fraction of sp³-hybridized carbons (Fsp3) is 0.143. The highest BCUT2D eigenvalue weighted by Crippen LogP contribution is 2.27. The topological polar surface area (TPSA) is 42.0 Å². The highest BCUT2D eigenvalue weighted by molar-refractivity contribution is 7.17. The first-order chi connectivity index (χ1) is 9.11. The lowest BCUT2D eigenvalue weighted by molar-refractivity contribution is 0.0961. The van der Waals surface area contributed by atoms with Gasteiger partial charge in [-0.05, 0) is 31.2 Å². The zero-order valence-electron chi connectivity index (χ0n) is 10.4. The van der Waals surface area contributed by atoms with Crippen molar-refractivity contribution in [1.29, 1.82) is 0 Å². The van der Waals surface area contributed by atoms with Gasteiger partial charge in [-0.1, -0.05) is 6.08 Å². The monoisotopic (exact) mass is 276 g/mol. The van der Waals surface area contributed by atoms with Crippen LogP contribution in [0.3, 0.4) is 0 Å². The molecular formula is C14H13FN2OS. The summed E-state index contributed by atoms with van der Waals surface area (Å²) in [5.74, 6) is -0.454. The second kappa shape index (κ2) is 5.75. The van der Waals surface area contributed by atoms with Crippen LogP contribution in [0.5, 0.6) is 0 Å². The van der Waals surface area contributed by atoms with Gasteiger partial charge in [0.2, 0.25) is 0 Å². The van der Waals surface area contributed by atoms with E-state index < -0.39 is 0 Å². The van der Waals surface area contributed by atoms with Gasteiger partial charge in [-0.2, -0.15) is 0 Å². The fourth-order valence-corrected chi connectivity index (χ4v) is 2.56. The Balaban J connectivity index is 2.27. The summed E-state index contributed by atoms with van der Waals surface area (Å²) in [7, 11) is 0. The summed E-state index contributed by atoms with van der Waals surface area (Å²) in [6, 6.07) is 6.06. The molecule has 0 saturated heterocycles. The van der Waals surface area contributed by atoms with Gasteiger partial charge in [0.15, 0.2) is 0 Å². The molecule has 0 aliphatic rings. The molecule has 0 saturated carbocycles. The highest BCUT2D eigenvalue weighted by atomic mass is 32.1. The molecule has 2 aromatic rings. The second-order valence-electron chi connectivity index (χ2n) is 3.94. The zero-order chi connectivity index (χ0) is 13.8. The Labute approximate surface area is 114 Å². The lowest BCUT2D eigenvalue weighted by Crippen LogP contribution is -2.22. The smallest absolute Gasteiger partial charge is 0.263 e. The molecule has 5 heteroatoms. The molecular weight excluding hydrogens is 263 g/mol. The Bertz CT molecular complexity index is 604. The average Bonchev–Trinajstić information content (AvgIpc) is 2.79. The van der Waals surface area contributed by atoms with Crippen molar-refractivity contribution in [3.8, 4) is 10.6 Å². The molecule has 1 heterocycles. The van der Waals surface area contributed by atoms with Crippen molar-refractivity contribution in [3.63, 3.8) is 0 Å². The van der Waals surface area contributed by atoms with Gasteiger partial charge in [-0.3, -0.25) is 4.79 Å². The van der Waals surface area contributed by atoms with Crippen LogP contribution >= 0.6 is 11.3 Å². The van der Waals surface area contributed by atoms with Crippen LogP contribution in [0.4, 0.5) is 4.39 Å². The zero-order valence-corrected chi connectivity index (χ0v) is 11.3. The first-order valence-electron chi connectivity index (χ1n) is 5.74. The van der Waals surface area contributed by atoms with Crippen LogP contribution in [0.15, 0.2) is 36.9 Å². The van der Waals surface area contributed by atoms with E-state index in [1.165, 1.54) is 23.5 Å². The van der Waals surface area contributed by atoms with Gasteiger partial charge in [-0.15, -0.1) is 17.9 Å². The van der Waals surface area contributed by atoms with E-state index in [4.69, 9.17) is 0 Å². The van der Waals surface area contributed by atoms with Gasteiger partial charge in [0.25, 0.3) is 5.91 Å². The summed E-state index contributed by atoms with van der Waals surface area (Å²) in [6.07, 6.45) is 1.62. The molecule has 0 spiro atoms. The molecule has 0 unspecified atom stereocenters. The minimum Gasteiger partial charge on any atom is -0.348 e. The van der Waals surface area contributed by atoms with Gasteiger partial charge >= 0.3 is 0 Å². The molecule has 0 aliphatic carbocycles. The predicted octanol–water partition coefficient (Wildman–Crippen LogP) is 3.17. The minimum absolute atomic E-state index is 0.164. The van der Waals surface area contributed by atoms with Crippen molar-refractivity contribution in [3.05, 3.63) is 53.3 Å². The van der Waals surface area contributed by atoms with Crippen LogP contribution in [0, 0.1) is 12.7 Å². The number of carbonyl (C=O) groups excluding carboxylic acids is 1. The lowest BCUT2D eigenvalue weighted by Gasteiger charge is -1.98. The molecule has 1 aromatic heterocycles. The van der Waals surface area contributed by atoms with Gasteiger partial charge in [0.05, 0.1) is 5.69 Å². The molecule has 1 amide bonds. The van der Waals surface area contributed by atoms with E-state index in [1.54, 1.807) is 25.1 Å². The van der Waals surface area contributed by atoms with Gasteiger partial charge in [0.1, 0.15) is 15.7 Å². The van der Waals surface area contributed by atoms with Crippen LogP contribution in [0.1, 0.15) is 15.4 Å². The quantitative estimate of drug-likeness (QED) is 0.871. The third kappa shape index (κ3) is 3.06. The van der Waals surface area contributed by atoms with Gasteiger partial charge in [0, 0.05) is 12.1 Å². The van der Waals surface area contributed by atoms with Gasteiger partial charge in [-0.25, -0.2) is 9.37 Å². The normalized spacial score (nSPS) is 10.2. The summed E-state index contributed by atoms with van der Waals surface area (Å²) >= 11 is 1.30. The van der Waals surface area contributed by atoms with Crippen molar-refractivity contribution in [2.45, 2.75) is 6.92 Å². The first-order valence-corrected chi connectivity index (χ1v) is 6.56. The third-order valence-electron chi connectivity index (χ3n) is 2.50. The predicted molar refractivity (Wildman–Crippen MR) is 74.8 cm³/mol. The lowest BCUT2D eigenvalue weighted by atomic mass is 10.2. The molecule has 0 aliphatic heterocycles. The van der Waals surface area contributed by atoms with E-state index in [0.29, 0.717) is 22.1 Å². The van der Waals surface area contributed by atoms with Gasteiger partial charge < -0.3 is 5.32 Å². The number of aryl methyl sites for hydroxylation is 1. The third-order valence-corrected chi connectivity index (χ3v) is 3.71. The van der Waals surface area contributed by atoms with Crippen LogP contribution in [-0.2, 0) is 0 Å². The van der Waals surface area contributed by atoms with Crippen LogP contribution in [0.25, 0.3) is 10.6 Å². The van der Waals surface area contributed by atoms with Crippen LogP contribution in [-0.4, -0.2) is 17.4 Å². The second-order valence-corrected chi connectivity index (χ2v) is 4.94. The maximum Gasteiger partial charge on any atom is 0.263 e. The molecule has 0 fully saturated rings. The Hall–Kier alpha value is -2.01. The number of carbonyl (C=O) groups is 1. The number of nitrogens with zero attached hydrogens (tertiary/aromatic N) is 1. The van der Waals surface area contributed by atoms with E-state index in [-0.39, 0.29) is 11.7 Å². The molecule has 0 radical (unpaired) electrons. The summed E-state index contributed by atoms with van der Waals surface area (Å²) in [4.78, 5) is 16.8. The number of hydrogen-bond donors (Lipinski definition) is 1. The number of hydrogen-bond acceptors (Lipinski definition) is 3. The van der Waals surface area contributed by atoms with Crippen molar-refractivity contribution >= 4 is 17.2 Å². The van der Waals surface area contributed by atoms with Crippen molar-refractivity contribution in [2.75, 3.05) is 6.54 Å². The molecule has 1 aromatic carbocycles. The molecule has 0 bridgehead atoms. The summed E-state index contributed by atoms with van der Waals surface area (Å²) < 4.78 is 12.9. The van der Waals surface area contributed by atoms with Crippen molar-refractivity contribution < 1.29 is 9.18 Å². The Morgan fingerprint density at radius 2 is 2.16 bits per heavy atom.